The largest absolute Gasteiger partial charge is 0.490 e. The summed E-state index contributed by atoms with van der Waals surface area (Å²) in [7, 11) is 0. The van der Waals surface area contributed by atoms with Crippen LogP contribution in [0.2, 0.25) is 0 Å². The molecule has 0 spiro atoms. The van der Waals surface area contributed by atoms with Crippen molar-refractivity contribution in [3.63, 3.8) is 0 Å². The zero-order valence-corrected chi connectivity index (χ0v) is 26.5. The van der Waals surface area contributed by atoms with Gasteiger partial charge in [-0.2, -0.15) is 5.10 Å². The van der Waals surface area contributed by atoms with E-state index in [4.69, 9.17) is 18.9 Å². The number of nitrogens with one attached hydrogen (secondary N) is 2. The van der Waals surface area contributed by atoms with Crippen LogP contribution in [0.4, 0.5) is 5.00 Å². The molecule has 2 amide bonds. The van der Waals surface area contributed by atoms with Gasteiger partial charge in [-0.15, -0.1) is 11.3 Å². The molecule has 10 nitrogen and oxygen atoms in total. The van der Waals surface area contributed by atoms with Crippen molar-refractivity contribution in [1.29, 1.82) is 0 Å². The van der Waals surface area contributed by atoms with Crippen LogP contribution in [0.15, 0.2) is 47.6 Å². The van der Waals surface area contributed by atoms with Crippen molar-refractivity contribution in [3.8, 4) is 17.2 Å². The summed E-state index contributed by atoms with van der Waals surface area (Å²) in [5.74, 6) is 0.969. The first kappa shape index (κ1) is 32.5. The predicted octanol–water partition coefficient (Wildman–Crippen LogP) is 6.02. The maximum absolute atomic E-state index is 13.1. The Bertz CT molecular complexity index is 1500. The summed E-state index contributed by atoms with van der Waals surface area (Å²) in [6.45, 7) is 10.6. The van der Waals surface area contributed by atoms with Crippen molar-refractivity contribution in [2.24, 2.45) is 11.0 Å². The Morgan fingerprint density at radius 3 is 2.45 bits per heavy atom. The number of carbonyl (C=O) groups excluding carboxylic acids is 3. The molecular weight excluding hydrogens is 582 g/mol. The minimum absolute atomic E-state index is 0.259. The topological polar surface area (TPSA) is 125 Å². The molecule has 3 aromatic rings. The third-order valence-electron chi connectivity index (χ3n) is 6.97. The number of anilines is 1. The number of fused-ring (bicyclic) bond motifs is 1. The minimum Gasteiger partial charge on any atom is -0.490 e. The van der Waals surface area contributed by atoms with Crippen LogP contribution in [0.5, 0.6) is 17.2 Å². The molecule has 0 fully saturated rings. The quantitative estimate of drug-likeness (QED) is 0.136. The lowest BCUT2D eigenvalue weighted by atomic mass is 9.88. The Labute approximate surface area is 261 Å². The molecule has 1 aliphatic rings. The van der Waals surface area contributed by atoms with Gasteiger partial charge in [0, 0.05) is 10.4 Å². The summed E-state index contributed by atoms with van der Waals surface area (Å²) in [6, 6.07) is 11.8. The fourth-order valence-electron chi connectivity index (χ4n) is 4.79. The van der Waals surface area contributed by atoms with Crippen molar-refractivity contribution in [2.45, 2.75) is 60.0 Å². The van der Waals surface area contributed by atoms with Gasteiger partial charge in [0.2, 0.25) is 0 Å². The molecule has 0 unspecified atom stereocenters. The Hall–Kier alpha value is -4.38. The Kier molecular flexibility index (Phi) is 11.4. The number of ether oxygens (including phenoxy) is 4. The molecule has 2 aromatic carbocycles. The molecule has 44 heavy (non-hydrogen) atoms. The normalized spacial score (nSPS) is 14.8. The van der Waals surface area contributed by atoms with Gasteiger partial charge in [0.1, 0.15) is 10.8 Å². The summed E-state index contributed by atoms with van der Waals surface area (Å²) in [4.78, 5) is 39.6. The standard InChI is InChI=1S/C33H39N3O7S/c1-6-40-26-16-10-22(18-27(26)41-7-2)19-34-36-30(37)21(5)43-24-13-11-23(12-14-24)31(38)35-32-29(33(39)42-8-3)25-15-9-20(4)17-28(25)44-32/h10-14,16,18-21H,6-9,15,17H2,1-5H3,(H,35,38)(H,36,37)/b34-19-/t20-,21+/m1/s1. The number of nitrogens with zero attached hydrogens (tertiary/aromatic N) is 1. The molecule has 0 aliphatic heterocycles. The molecule has 0 radical (unpaired) electrons. The van der Waals surface area contributed by atoms with Crippen LogP contribution >= 0.6 is 11.3 Å². The molecule has 0 bridgehead atoms. The van der Waals surface area contributed by atoms with Gasteiger partial charge in [-0.05, 0) is 106 Å². The van der Waals surface area contributed by atoms with E-state index in [1.54, 1.807) is 50.2 Å². The van der Waals surface area contributed by atoms with Crippen molar-refractivity contribution >= 4 is 40.3 Å². The van der Waals surface area contributed by atoms with Crippen LogP contribution in [0, 0.1) is 5.92 Å². The van der Waals surface area contributed by atoms with Crippen molar-refractivity contribution < 1.29 is 33.3 Å². The number of thiophene rings is 1. The summed E-state index contributed by atoms with van der Waals surface area (Å²) in [5.41, 5.74) is 5.04. The SMILES string of the molecule is CCOC(=O)c1c(NC(=O)c2ccc(O[C@@H](C)C(=O)N/N=C\c3ccc(OCC)c(OCC)c3)cc2)sc2c1CC[C@@H](C)C2. The maximum Gasteiger partial charge on any atom is 0.341 e. The molecule has 0 saturated carbocycles. The highest BCUT2D eigenvalue weighted by Gasteiger charge is 2.29. The van der Waals surface area contributed by atoms with Gasteiger partial charge in [-0.25, -0.2) is 10.2 Å². The second kappa shape index (κ2) is 15.4. The molecule has 4 rings (SSSR count). The fourth-order valence-corrected chi connectivity index (χ4v) is 6.18. The Balaban J connectivity index is 1.35. The van der Waals surface area contributed by atoms with Gasteiger partial charge in [0.05, 0.1) is 31.6 Å². The van der Waals surface area contributed by atoms with E-state index in [0.717, 1.165) is 35.3 Å². The number of benzene rings is 2. The van der Waals surface area contributed by atoms with Crippen LogP contribution in [0.25, 0.3) is 0 Å². The van der Waals surface area contributed by atoms with Gasteiger partial charge in [-0.3, -0.25) is 9.59 Å². The van der Waals surface area contributed by atoms with Crippen molar-refractivity contribution in [1.82, 2.24) is 5.43 Å². The summed E-state index contributed by atoms with van der Waals surface area (Å²) in [5, 5.41) is 7.46. The lowest BCUT2D eigenvalue weighted by Gasteiger charge is -2.18. The van der Waals surface area contributed by atoms with Crippen LogP contribution in [0.1, 0.15) is 77.8 Å². The monoisotopic (exact) mass is 621 g/mol. The lowest BCUT2D eigenvalue weighted by Crippen LogP contribution is -2.33. The smallest absolute Gasteiger partial charge is 0.341 e. The number of amides is 2. The summed E-state index contributed by atoms with van der Waals surface area (Å²) in [6.07, 6.45) is 3.32. The first-order valence-electron chi connectivity index (χ1n) is 14.9. The molecule has 2 atom stereocenters. The third kappa shape index (κ3) is 8.16. The number of carbonyl (C=O) groups is 3. The van der Waals surface area contributed by atoms with Gasteiger partial charge < -0.3 is 24.3 Å². The van der Waals surface area contributed by atoms with E-state index >= 15 is 0 Å². The highest BCUT2D eigenvalue weighted by atomic mass is 32.1. The van der Waals surface area contributed by atoms with Gasteiger partial charge in [-0.1, -0.05) is 6.92 Å². The molecular formula is C33H39N3O7S. The predicted molar refractivity (Wildman–Crippen MR) is 170 cm³/mol. The summed E-state index contributed by atoms with van der Waals surface area (Å²) < 4.78 is 22.2. The van der Waals surface area contributed by atoms with E-state index in [0.29, 0.717) is 52.5 Å². The molecule has 1 aromatic heterocycles. The number of hydrogen-bond acceptors (Lipinski definition) is 9. The minimum atomic E-state index is -0.849. The van der Waals surface area contributed by atoms with E-state index in [1.165, 1.54) is 17.6 Å². The molecule has 1 aliphatic carbocycles. The van der Waals surface area contributed by atoms with E-state index in [-0.39, 0.29) is 12.5 Å². The molecule has 2 N–H and O–H groups in total. The first-order valence-corrected chi connectivity index (χ1v) is 15.7. The average molecular weight is 622 g/mol. The number of esters is 1. The third-order valence-corrected chi connectivity index (χ3v) is 8.14. The number of hydrogen-bond donors (Lipinski definition) is 2. The van der Waals surface area contributed by atoms with Crippen LogP contribution in [-0.2, 0) is 22.4 Å². The van der Waals surface area contributed by atoms with E-state index in [2.05, 4.69) is 22.8 Å². The van der Waals surface area contributed by atoms with Gasteiger partial charge in [0.25, 0.3) is 11.8 Å². The second-order valence-corrected chi connectivity index (χ2v) is 11.4. The molecule has 0 saturated heterocycles. The van der Waals surface area contributed by atoms with Crippen LogP contribution < -0.4 is 25.0 Å². The number of rotatable bonds is 13. The number of hydrazone groups is 1. The second-order valence-electron chi connectivity index (χ2n) is 10.3. The lowest BCUT2D eigenvalue weighted by molar-refractivity contribution is -0.127. The fraction of sp³-hybridized carbons (Fsp3) is 0.394. The first-order chi connectivity index (χ1) is 21.2. The van der Waals surface area contributed by atoms with Gasteiger partial charge >= 0.3 is 5.97 Å². The highest BCUT2D eigenvalue weighted by Crippen LogP contribution is 2.40. The van der Waals surface area contributed by atoms with E-state index < -0.39 is 18.0 Å². The van der Waals surface area contributed by atoms with E-state index in [1.807, 2.05) is 19.9 Å². The zero-order chi connectivity index (χ0) is 31.6. The van der Waals surface area contributed by atoms with Gasteiger partial charge in [0.15, 0.2) is 17.6 Å². The van der Waals surface area contributed by atoms with Crippen LogP contribution in [-0.4, -0.2) is 49.9 Å². The van der Waals surface area contributed by atoms with E-state index in [9.17, 15) is 14.4 Å². The van der Waals surface area contributed by atoms with Crippen molar-refractivity contribution in [3.05, 3.63) is 69.6 Å². The highest BCUT2D eigenvalue weighted by molar-refractivity contribution is 7.17. The zero-order valence-electron chi connectivity index (χ0n) is 25.7. The van der Waals surface area contributed by atoms with Crippen molar-refractivity contribution in [2.75, 3.05) is 25.1 Å². The Morgan fingerprint density at radius 2 is 1.75 bits per heavy atom. The summed E-state index contributed by atoms with van der Waals surface area (Å²) >= 11 is 1.44. The molecule has 1 heterocycles. The Morgan fingerprint density at radius 1 is 1.02 bits per heavy atom. The molecule has 11 heteroatoms. The molecule has 234 valence electrons. The average Bonchev–Trinajstić information content (AvgIpc) is 3.35. The maximum atomic E-state index is 13.1. The van der Waals surface area contributed by atoms with Crippen LogP contribution in [0.3, 0.4) is 0 Å².